The molecule has 0 saturated carbocycles. The molecule has 0 amide bonds. The van der Waals surface area contributed by atoms with Crippen molar-refractivity contribution in [2.24, 2.45) is 0 Å². The number of benzene rings is 2. The zero-order valence-electron chi connectivity index (χ0n) is 17.9. The number of halogens is 7. The molecule has 14 heteroatoms. The predicted octanol–water partition coefficient (Wildman–Crippen LogP) is 6.95. The number of alkyl halides is 6. The minimum atomic E-state index is -4.65. The first-order valence-electron chi connectivity index (χ1n) is 8.71. The van der Waals surface area contributed by atoms with Crippen LogP contribution in [0.15, 0.2) is 34.1 Å². The summed E-state index contributed by atoms with van der Waals surface area (Å²) in [5.74, 6) is -2.06. The molecule has 0 spiro atoms. The average Bonchev–Trinajstić information content (AvgIpc) is 2.75. The number of hydrogen-bond donors (Lipinski definition) is 1. The SMILES string of the molecule is COc1c(SC)cc(C(=O)Cl)cc1C(F)(F)F.COc1c(SC)cc(C(=O)O)cc1C(F)(F)F. The van der Waals surface area contributed by atoms with E-state index in [4.69, 9.17) is 26.2 Å². The Morgan fingerprint density at radius 1 is 0.794 bits per heavy atom. The van der Waals surface area contributed by atoms with Crippen molar-refractivity contribution >= 4 is 46.3 Å². The number of carbonyl (C=O) groups excluding carboxylic acids is 1. The van der Waals surface area contributed by atoms with Gasteiger partial charge in [-0.3, -0.25) is 4.79 Å². The Hall–Kier alpha value is -2.25. The quantitative estimate of drug-likeness (QED) is 0.237. The molecule has 0 aliphatic carbocycles. The Morgan fingerprint density at radius 2 is 1.15 bits per heavy atom. The van der Waals surface area contributed by atoms with Gasteiger partial charge in [0.15, 0.2) is 0 Å². The van der Waals surface area contributed by atoms with Gasteiger partial charge < -0.3 is 14.6 Å². The van der Waals surface area contributed by atoms with Crippen LogP contribution in [-0.4, -0.2) is 43.0 Å². The fourth-order valence-corrected chi connectivity index (χ4v) is 3.94. The molecular formula is C20H17ClF6O5S2. The van der Waals surface area contributed by atoms with Crippen molar-refractivity contribution in [1.29, 1.82) is 0 Å². The second-order valence-corrected chi connectivity index (χ2v) is 8.13. The molecule has 34 heavy (non-hydrogen) atoms. The van der Waals surface area contributed by atoms with E-state index in [2.05, 4.69) is 0 Å². The first-order valence-corrected chi connectivity index (χ1v) is 11.5. The summed E-state index contributed by atoms with van der Waals surface area (Å²) in [5, 5.41) is 7.80. The zero-order valence-corrected chi connectivity index (χ0v) is 20.2. The number of carboxylic acids is 1. The second kappa shape index (κ2) is 11.9. The third-order valence-corrected chi connectivity index (χ3v) is 5.75. The Bertz CT molecular complexity index is 974. The highest BCUT2D eigenvalue weighted by Crippen LogP contribution is 2.43. The molecule has 2 aromatic carbocycles. The summed E-state index contributed by atoms with van der Waals surface area (Å²) in [4.78, 5) is 22.0. The van der Waals surface area contributed by atoms with Gasteiger partial charge in [0.25, 0.3) is 5.24 Å². The van der Waals surface area contributed by atoms with Crippen LogP contribution in [0.5, 0.6) is 11.5 Å². The highest BCUT2D eigenvalue weighted by atomic mass is 35.5. The minimum Gasteiger partial charge on any atom is -0.495 e. The monoisotopic (exact) mass is 550 g/mol. The molecule has 0 atom stereocenters. The molecule has 5 nitrogen and oxygen atoms in total. The first kappa shape index (κ1) is 29.8. The molecule has 0 aliphatic heterocycles. The van der Waals surface area contributed by atoms with Crippen molar-refractivity contribution in [3.05, 3.63) is 46.5 Å². The average molecular weight is 551 g/mol. The van der Waals surface area contributed by atoms with Crippen LogP contribution in [0.3, 0.4) is 0 Å². The molecule has 0 aliphatic rings. The predicted molar refractivity (Wildman–Crippen MR) is 117 cm³/mol. The van der Waals surface area contributed by atoms with Crippen LogP contribution in [0.25, 0.3) is 0 Å². The van der Waals surface area contributed by atoms with Gasteiger partial charge in [-0.1, -0.05) is 0 Å². The molecule has 0 heterocycles. The second-order valence-electron chi connectivity index (χ2n) is 6.09. The molecule has 0 bridgehead atoms. The number of hydrogen-bond acceptors (Lipinski definition) is 6. The number of carboxylic acid groups (broad SMARTS) is 1. The van der Waals surface area contributed by atoms with Gasteiger partial charge in [-0.15, -0.1) is 23.5 Å². The topological polar surface area (TPSA) is 72.8 Å². The molecule has 0 unspecified atom stereocenters. The van der Waals surface area contributed by atoms with Gasteiger partial charge in [0.05, 0.1) is 40.7 Å². The van der Waals surface area contributed by atoms with E-state index in [-0.39, 0.29) is 26.9 Å². The Kier molecular flexibility index (Phi) is 10.5. The summed E-state index contributed by atoms with van der Waals surface area (Å²) >= 11 is 7.23. The molecule has 0 fully saturated rings. The molecule has 2 rings (SSSR count). The van der Waals surface area contributed by atoms with Gasteiger partial charge in [-0.25, -0.2) is 4.79 Å². The highest BCUT2D eigenvalue weighted by Gasteiger charge is 2.37. The molecule has 0 aromatic heterocycles. The van der Waals surface area contributed by atoms with Crippen molar-refractivity contribution in [2.75, 3.05) is 26.7 Å². The van der Waals surface area contributed by atoms with Crippen molar-refractivity contribution in [2.45, 2.75) is 22.1 Å². The maximum atomic E-state index is 12.8. The Balaban J connectivity index is 0.000000340. The van der Waals surface area contributed by atoms with Crippen LogP contribution < -0.4 is 9.47 Å². The van der Waals surface area contributed by atoms with Gasteiger partial charge >= 0.3 is 18.3 Å². The lowest BCUT2D eigenvalue weighted by molar-refractivity contribution is -0.139. The lowest BCUT2D eigenvalue weighted by atomic mass is 10.1. The largest absolute Gasteiger partial charge is 0.495 e. The summed E-state index contributed by atoms with van der Waals surface area (Å²) in [6.07, 6.45) is -6.12. The standard InChI is InChI=1S/C10H8ClF3O2S.C10H9F3O3S/c1-16-8-6(10(12,13)14)3-5(9(11)15)4-7(8)17-2;1-16-8-6(10(11,12)13)3-5(9(14)15)4-7(8)17-2/h3-4H,1-2H3;3-4H,1-2H3,(H,14,15). The fraction of sp³-hybridized carbons (Fsp3) is 0.300. The molecule has 1 N–H and O–H groups in total. The Morgan fingerprint density at radius 3 is 1.41 bits per heavy atom. The van der Waals surface area contributed by atoms with Crippen LogP contribution in [0.4, 0.5) is 26.3 Å². The number of methoxy groups -OCH3 is 2. The molecule has 0 radical (unpaired) electrons. The number of rotatable bonds is 6. The number of aromatic carboxylic acids is 1. The van der Waals surface area contributed by atoms with Crippen LogP contribution >= 0.6 is 35.1 Å². The summed E-state index contributed by atoms with van der Waals surface area (Å²) < 4.78 is 85.8. The van der Waals surface area contributed by atoms with E-state index >= 15 is 0 Å². The van der Waals surface area contributed by atoms with Crippen molar-refractivity contribution < 1.29 is 50.5 Å². The maximum absolute atomic E-state index is 12.8. The summed E-state index contributed by atoms with van der Waals surface area (Å²) in [7, 11) is 2.26. The zero-order chi connectivity index (χ0) is 26.4. The van der Waals surface area contributed by atoms with Crippen LogP contribution in [0.1, 0.15) is 31.8 Å². The van der Waals surface area contributed by atoms with E-state index in [9.17, 15) is 35.9 Å². The smallest absolute Gasteiger partial charge is 0.420 e. The minimum absolute atomic E-state index is 0.139. The van der Waals surface area contributed by atoms with Gasteiger partial charge in [0.2, 0.25) is 0 Å². The van der Waals surface area contributed by atoms with Gasteiger partial charge in [0.1, 0.15) is 11.5 Å². The van der Waals surface area contributed by atoms with Crippen molar-refractivity contribution in [1.82, 2.24) is 0 Å². The maximum Gasteiger partial charge on any atom is 0.420 e. The number of ether oxygens (including phenoxy) is 2. The van der Waals surface area contributed by atoms with E-state index in [1.165, 1.54) is 6.07 Å². The fourth-order valence-electron chi connectivity index (χ4n) is 2.59. The van der Waals surface area contributed by atoms with Gasteiger partial charge in [-0.2, -0.15) is 26.3 Å². The molecule has 188 valence electrons. The van der Waals surface area contributed by atoms with E-state index < -0.39 is 40.3 Å². The third-order valence-electron chi connectivity index (χ3n) is 4.04. The third kappa shape index (κ3) is 7.37. The number of thioether (sulfide) groups is 2. The van der Waals surface area contributed by atoms with Crippen LogP contribution in [0, 0.1) is 0 Å². The lowest BCUT2D eigenvalue weighted by Gasteiger charge is -2.15. The van der Waals surface area contributed by atoms with Gasteiger partial charge in [-0.05, 0) is 48.4 Å². The van der Waals surface area contributed by atoms with Crippen molar-refractivity contribution in [3.63, 3.8) is 0 Å². The molecule has 2 aromatic rings. The first-order chi connectivity index (χ1) is 15.6. The highest BCUT2D eigenvalue weighted by molar-refractivity contribution is 7.99. The van der Waals surface area contributed by atoms with Crippen molar-refractivity contribution in [3.8, 4) is 11.5 Å². The van der Waals surface area contributed by atoms with E-state index in [1.807, 2.05) is 0 Å². The Labute approximate surface area is 203 Å². The number of carbonyl (C=O) groups is 2. The van der Waals surface area contributed by atoms with E-state index in [1.54, 1.807) is 12.5 Å². The van der Waals surface area contributed by atoms with Crippen LogP contribution in [-0.2, 0) is 12.4 Å². The van der Waals surface area contributed by atoms with Gasteiger partial charge in [0, 0.05) is 5.56 Å². The van der Waals surface area contributed by atoms with E-state index in [0.717, 1.165) is 43.8 Å². The summed E-state index contributed by atoms with van der Waals surface area (Å²) in [6.45, 7) is 0. The summed E-state index contributed by atoms with van der Waals surface area (Å²) in [6, 6.07) is 3.68. The molecule has 0 saturated heterocycles. The van der Waals surface area contributed by atoms with Crippen LogP contribution in [0.2, 0.25) is 0 Å². The normalized spacial score (nSPS) is 11.4. The summed E-state index contributed by atoms with van der Waals surface area (Å²) in [5.41, 5.74) is -2.70. The van der Waals surface area contributed by atoms with E-state index in [0.29, 0.717) is 12.1 Å². The lowest BCUT2D eigenvalue weighted by Crippen LogP contribution is -2.10. The molecular weight excluding hydrogens is 534 g/mol.